The van der Waals surface area contributed by atoms with Gasteiger partial charge < -0.3 is 4.74 Å². The van der Waals surface area contributed by atoms with E-state index in [0.29, 0.717) is 6.61 Å². The first-order chi connectivity index (χ1) is 6.98. The molecule has 0 saturated carbocycles. The smallest absolute Gasteiger partial charge is 0.311 e. The lowest BCUT2D eigenvalue weighted by Crippen LogP contribution is -2.23. The zero-order chi connectivity index (χ0) is 11.7. The summed E-state index contributed by atoms with van der Waals surface area (Å²) in [6.45, 7) is 9.71. The summed E-state index contributed by atoms with van der Waals surface area (Å²) < 4.78 is 5.12. The lowest BCUT2D eigenvalue weighted by atomic mass is 9.97. The van der Waals surface area contributed by atoms with Gasteiger partial charge in [-0.25, -0.2) is 0 Å². The number of allylic oxidation sites excluding steroid dienone is 3. The van der Waals surface area contributed by atoms with Crippen LogP contribution in [0.15, 0.2) is 24.8 Å². The third kappa shape index (κ3) is 7.98. The van der Waals surface area contributed by atoms with Gasteiger partial charge in [-0.3, -0.25) is 4.79 Å². The van der Waals surface area contributed by atoms with Gasteiger partial charge in [-0.15, -0.1) is 6.58 Å². The molecule has 86 valence electrons. The van der Waals surface area contributed by atoms with Crippen LogP contribution in [0.25, 0.3) is 0 Å². The Morgan fingerprint density at radius 2 is 2.00 bits per heavy atom. The van der Waals surface area contributed by atoms with E-state index in [2.05, 4.69) is 18.7 Å². The molecule has 0 N–H and O–H groups in total. The molecule has 0 aromatic rings. The summed E-state index contributed by atoms with van der Waals surface area (Å²) in [4.78, 5) is 11.3. The van der Waals surface area contributed by atoms with E-state index in [1.165, 1.54) is 0 Å². The van der Waals surface area contributed by atoms with E-state index < -0.39 is 5.41 Å². The first kappa shape index (κ1) is 13.9. The van der Waals surface area contributed by atoms with Crippen LogP contribution in [-0.2, 0) is 9.53 Å². The second-order valence-corrected chi connectivity index (χ2v) is 4.52. The van der Waals surface area contributed by atoms with Crippen molar-refractivity contribution in [2.45, 2.75) is 40.0 Å². The first-order valence-electron chi connectivity index (χ1n) is 5.41. The van der Waals surface area contributed by atoms with Crippen LogP contribution in [-0.4, -0.2) is 12.6 Å². The third-order valence-electron chi connectivity index (χ3n) is 1.83. The molecule has 2 nitrogen and oxygen atoms in total. The van der Waals surface area contributed by atoms with E-state index in [-0.39, 0.29) is 5.97 Å². The molecule has 0 aromatic carbocycles. The molecule has 0 aliphatic heterocycles. The Morgan fingerprint density at radius 1 is 1.33 bits per heavy atom. The number of carbonyl (C=O) groups is 1. The van der Waals surface area contributed by atoms with Crippen LogP contribution >= 0.6 is 0 Å². The molecular weight excluding hydrogens is 188 g/mol. The Morgan fingerprint density at radius 3 is 2.53 bits per heavy atom. The van der Waals surface area contributed by atoms with E-state index >= 15 is 0 Å². The van der Waals surface area contributed by atoms with Crippen molar-refractivity contribution in [1.29, 1.82) is 0 Å². The van der Waals surface area contributed by atoms with E-state index in [9.17, 15) is 4.79 Å². The second-order valence-electron chi connectivity index (χ2n) is 4.52. The molecule has 0 atom stereocenters. The van der Waals surface area contributed by atoms with Crippen molar-refractivity contribution in [2.75, 3.05) is 6.61 Å². The predicted octanol–water partition coefficient (Wildman–Crippen LogP) is 3.49. The zero-order valence-corrected chi connectivity index (χ0v) is 10.1. The van der Waals surface area contributed by atoms with Gasteiger partial charge in [0.05, 0.1) is 12.0 Å². The number of carbonyl (C=O) groups excluding carboxylic acids is 1. The molecule has 0 saturated heterocycles. The summed E-state index contributed by atoms with van der Waals surface area (Å²) in [7, 11) is 0. The highest BCUT2D eigenvalue weighted by Gasteiger charge is 2.22. The fourth-order valence-corrected chi connectivity index (χ4v) is 0.893. The minimum absolute atomic E-state index is 0.127. The van der Waals surface area contributed by atoms with Gasteiger partial charge in [0, 0.05) is 0 Å². The number of hydrogen-bond donors (Lipinski definition) is 0. The van der Waals surface area contributed by atoms with Crippen LogP contribution in [0.3, 0.4) is 0 Å². The number of unbranched alkanes of at least 4 members (excludes halogenated alkanes) is 1. The fraction of sp³-hybridized carbons (Fsp3) is 0.615. The maximum atomic E-state index is 11.3. The molecule has 2 heteroatoms. The normalized spacial score (nSPS) is 11.7. The van der Waals surface area contributed by atoms with Crippen LogP contribution in [0, 0.1) is 5.41 Å². The lowest BCUT2D eigenvalue weighted by Gasteiger charge is -2.16. The van der Waals surface area contributed by atoms with Gasteiger partial charge in [-0.2, -0.15) is 0 Å². The average Bonchev–Trinajstić information content (AvgIpc) is 2.14. The largest absolute Gasteiger partial charge is 0.465 e. The predicted molar refractivity (Wildman–Crippen MR) is 63.6 cm³/mol. The Balaban J connectivity index is 3.47. The molecule has 0 rings (SSSR count). The third-order valence-corrected chi connectivity index (χ3v) is 1.83. The van der Waals surface area contributed by atoms with Crippen molar-refractivity contribution < 1.29 is 9.53 Å². The van der Waals surface area contributed by atoms with Crippen molar-refractivity contribution in [3.05, 3.63) is 24.8 Å². The topological polar surface area (TPSA) is 26.3 Å². The number of hydrogen-bond acceptors (Lipinski definition) is 2. The zero-order valence-electron chi connectivity index (χ0n) is 10.1. The van der Waals surface area contributed by atoms with Gasteiger partial charge in [-0.05, 0) is 40.0 Å². The second kappa shape index (κ2) is 7.27. The van der Waals surface area contributed by atoms with E-state index in [1.54, 1.807) is 0 Å². The average molecular weight is 210 g/mol. The Kier molecular flexibility index (Phi) is 6.76. The van der Waals surface area contributed by atoms with Crippen molar-refractivity contribution in [1.82, 2.24) is 0 Å². The van der Waals surface area contributed by atoms with Gasteiger partial charge in [-0.1, -0.05) is 18.2 Å². The summed E-state index contributed by atoms with van der Waals surface area (Å²) >= 11 is 0. The maximum absolute atomic E-state index is 11.3. The summed E-state index contributed by atoms with van der Waals surface area (Å²) in [5.41, 5.74) is -0.390. The van der Waals surface area contributed by atoms with Gasteiger partial charge in [0.1, 0.15) is 0 Å². The van der Waals surface area contributed by atoms with Crippen molar-refractivity contribution in [3.63, 3.8) is 0 Å². The summed E-state index contributed by atoms with van der Waals surface area (Å²) in [5, 5.41) is 0. The van der Waals surface area contributed by atoms with Crippen molar-refractivity contribution >= 4 is 5.97 Å². The molecule has 0 radical (unpaired) electrons. The standard InChI is InChI=1S/C13H22O2/c1-5-6-7-8-9-10-11-15-12(14)13(2,3)4/h5,7-8H,1,6,9-11H2,2-4H3/b8-7+. The number of esters is 1. The van der Waals surface area contributed by atoms with E-state index in [1.807, 2.05) is 26.8 Å². The SMILES string of the molecule is C=CC/C=C/CCCOC(=O)C(C)(C)C. The molecule has 0 aliphatic rings. The summed E-state index contributed by atoms with van der Waals surface area (Å²) in [6.07, 6.45) is 8.75. The number of ether oxygens (including phenoxy) is 1. The van der Waals surface area contributed by atoms with Crippen LogP contribution in [0.5, 0.6) is 0 Å². The Bertz CT molecular complexity index is 221. The molecular formula is C13H22O2. The fourth-order valence-electron chi connectivity index (χ4n) is 0.893. The molecule has 0 bridgehead atoms. The molecule has 0 spiro atoms. The van der Waals surface area contributed by atoms with Gasteiger partial charge in [0.25, 0.3) is 0 Å². The minimum Gasteiger partial charge on any atom is -0.465 e. The van der Waals surface area contributed by atoms with Crippen molar-refractivity contribution in [3.8, 4) is 0 Å². The van der Waals surface area contributed by atoms with Gasteiger partial charge in [0.2, 0.25) is 0 Å². The Labute approximate surface area is 93.0 Å². The van der Waals surface area contributed by atoms with E-state index in [0.717, 1.165) is 19.3 Å². The first-order valence-corrected chi connectivity index (χ1v) is 5.41. The van der Waals surface area contributed by atoms with Crippen LogP contribution < -0.4 is 0 Å². The summed E-state index contributed by atoms with van der Waals surface area (Å²) in [6, 6.07) is 0. The quantitative estimate of drug-likeness (QED) is 0.381. The summed E-state index contributed by atoms with van der Waals surface area (Å²) in [5.74, 6) is -0.127. The van der Waals surface area contributed by atoms with Gasteiger partial charge in [0.15, 0.2) is 0 Å². The highest BCUT2D eigenvalue weighted by molar-refractivity contribution is 5.75. The Hall–Kier alpha value is -1.05. The molecule has 0 heterocycles. The van der Waals surface area contributed by atoms with Crippen LogP contribution in [0.2, 0.25) is 0 Å². The minimum atomic E-state index is -0.390. The number of rotatable bonds is 6. The molecule has 0 fully saturated rings. The lowest BCUT2D eigenvalue weighted by molar-refractivity contribution is -0.152. The monoisotopic (exact) mass is 210 g/mol. The highest BCUT2D eigenvalue weighted by atomic mass is 16.5. The van der Waals surface area contributed by atoms with Crippen LogP contribution in [0.4, 0.5) is 0 Å². The molecule has 0 amide bonds. The van der Waals surface area contributed by atoms with Crippen molar-refractivity contribution in [2.24, 2.45) is 5.41 Å². The van der Waals surface area contributed by atoms with Crippen LogP contribution in [0.1, 0.15) is 40.0 Å². The van der Waals surface area contributed by atoms with E-state index in [4.69, 9.17) is 4.74 Å². The van der Waals surface area contributed by atoms with Gasteiger partial charge >= 0.3 is 5.97 Å². The highest BCUT2D eigenvalue weighted by Crippen LogP contribution is 2.15. The molecule has 0 unspecified atom stereocenters. The molecule has 15 heavy (non-hydrogen) atoms. The molecule has 0 aromatic heterocycles. The maximum Gasteiger partial charge on any atom is 0.311 e. The molecule has 0 aliphatic carbocycles.